The van der Waals surface area contributed by atoms with Gasteiger partial charge in [0.1, 0.15) is 5.75 Å². The molecule has 150 valence electrons. The minimum absolute atomic E-state index is 0.0443. The molecule has 3 rings (SSSR count). The van der Waals surface area contributed by atoms with Crippen molar-refractivity contribution in [2.24, 2.45) is 0 Å². The van der Waals surface area contributed by atoms with E-state index >= 15 is 0 Å². The predicted molar refractivity (Wildman–Crippen MR) is 114 cm³/mol. The average Bonchev–Trinajstić information content (AvgIpc) is 3.24. The van der Waals surface area contributed by atoms with E-state index in [0.29, 0.717) is 18.7 Å². The summed E-state index contributed by atoms with van der Waals surface area (Å²) in [6.07, 6.45) is 2.44. The zero-order chi connectivity index (χ0) is 19.9. The van der Waals surface area contributed by atoms with Crippen LogP contribution in [0.3, 0.4) is 0 Å². The minimum atomic E-state index is -0.0443. The van der Waals surface area contributed by atoms with Gasteiger partial charge in [-0.15, -0.1) is 0 Å². The molecule has 0 saturated carbocycles. The topological polar surface area (TPSA) is 44.8 Å². The van der Waals surface area contributed by atoms with Crippen molar-refractivity contribution < 1.29 is 9.53 Å². The molecule has 1 saturated heterocycles. The van der Waals surface area contributed by atoms with Crippen molar-refractivity contribution in [3.63, 3.8) is 0 Å². The summed E-state index contributed by atoms with van der Waals surface area (Å²) in [6, 6.07) is 16.2. The third kappa shape index (κ3) is 5.04. The Morgan fingerprint density at radius 2 is 1.71 bits per heavy atom. The third-order valence-corrected chi connectivity index (χ3v) is 5.26. The van der Waals surface area contributed by atoms with Crippen LogP contribution in [0.25, 0.3) is 0 Å². The normalized spacial score (nSPS) is 15.2. The number of carbonyl (C=O) groups is 1. The summed E-state index contributed by atoms with van der Waals surface area (Å²) < 4.78 is 5.45. The second-order valence-corrected chi connectivity index (χ2v) is 7.41. The fourth-order valence-corrected chi connectivity index (χ4v) is 3.67. The molecular weight excluding hydrogens is 350 g/mol. The smallest absolute Gasteiger partial charge is 0.251 e. The highest BCUT2D eigenvalue weighted by atomic mass is 16.5. The summed E-state index contributed by atoms with van der Waals surface area (Å²) in [5, 5.41) is 3.13. The number of ether oxygens (including phenoxy) is 1. The summed E-state index contributed by atoms with van der Waals surface area (Å²) in [5.41, 5.74) is 3.09. The van der Waals surface area contributed by atoms with Crippen LogP contribution in [0, 0.1) is 0 Å². The number of nitrogens with one attached hydrogen (secondary N) is 1. The molecule has 2 aromatic carbocycles. The average molecular weight is 382 g/mol. The Kier molecular flexibility index (Phi) is 6.93. The molecular formula is C23H31N3O2. The Morgan fingerprint density at radius 1 is 1.07 bits per heavy atom. The van der Waals surface area contributed by atoms with Gasteiger partial charge in [0.15, 0.2) is 0 Å². The fraction of sp³-hybridized carbons (Fsp3) is 0.435. The van der Waals surface area contributed by atoms with Crippen LogP contribution in [0.4, 0.5) is 5.69 Å². The molecule has 0 spiro atoms. The van der Waals surface area contributed by atoms with E-state index in [-0.39, 0.29) is 11.9 Å². The van der Waals surface area contributed by atoms with Crippen LogP contribution in [-0.2, 0) is 0 Å². The first-order valence-electron chi connectivity index (χ1n) is 10.1. The molecule has 1 heterocycles. The number of nitrogens with zero attached hydrogens (tertiary/aromatic N) is 2. The summed E-state index contributed by atoms with van der Waals surface area (Å²) in [4.78, 5) is 17.2. The number of hydrogen-bond donors (Lipinski definition) is 1. The number of carbonyl (C=O) groups excluding carboxylic acids is 1. The molecule has 0 bridgehead atoms. The SMILES string of the molecule is CCOc1ccc(C(=O)NC[C@H](c2ccc(N(C)C)cc2)N2CCCC2)cc1. The van der Waals surface area contributed by atoms with Crippen LogP contribution in [-0.4, -0.2) is 51.1 Å². The van der Waals surface area contributed by atoms with Gasteiger partial charge >= 0.3 is 0 Å². The van der Waals surface area contributed by atoms with Crippen LogP contribution in [0.15, 0.2) is 48.5 Å². The van der Waals surface area contributed by atoms with Crippen molar-refractivity contribution in [1.82, 2.24) is 10.2 Å². The van der Waals surface area contributed by atoms with Gasteiger partial charge in [0, 0.05) is 31.9 Å². The van der Waals surface area contributed by atoms with Gasteiger partial charge in [-0.1, -0.05) is 12.1 Å². The number of amides is 1. The number of benzene rings is 2. The lowest BCUT2D eigenvalue weighted by Crippen LogP contribution is -2.36. The fourth-order valence-electron chi connectivity index (χ4n) is 3.67. The van der Waals surface area contributed by atoms with E-state index in [9.17, 15) is 4.79 Å². The third-order valence-electron chi connectivity index (χ3n) is 5.26. The second-order valence-electron chi connectivity index (χ2n) is 7.41. The van der Waals surface area contributed by atoms with Crippen molar-refractivity contribution in [3.8, 4) is 5.75 Å². The van der Waals surface area contributed by atoms with Gasteiger partial charge in [-0.25, -0.2) is 0 Å². The van der Waals surface area contributed by atoms with Crippen molar-refractivity contribution in [1.29, 1.82) is 0 Å². The van der Waals surface area contributed by atoms with Gasteiger partial charge in [-0.2, -0.15) is 0 Å². The Labute approximate surface area is 168 Å². The number of rotatable bonds is 8. The monoisotopic (exact) mass is 381 g/mol. The van der Waals surface area contributed by atoms with Crippen molar-refractivity contribution in [2.45, 2.75) is 25.8 Å². The van der Waals surface area contributed by atoms with Gasteiger partial charge in [0.25, 0.3) is 5.91 Å². The Morgan fingerprint density at radius 3 is 2.29 bits per heavy atom. The molecule has 1 aliphatic heterocycles. The first kappa shape index (κ1) is 20.2. The molecule has 0 unspecified atom stereocenters. The van der Waals surface area contributed by atoms with Gasteiger partial charge in [0.05, 0.1) is 12.6 Å². The molecule has 1 fully saturated rings. The van der Waals surface area contributed by atoms with Crippen LogP contribution in [0.1, 0.15) is 41.7 Å². The van der Waals surface area contributed by atoms with Crippen LogP contribution >= 0.6 is 0 Å². The molecule has 5 heteroatoms. The Bertz CT molecular complexity index is 750. The summed E-state index contributed by atoms with van der Waals surface area (Å²) in [6.45, 7) is 5.34. The summed E-state index contributed by atoms with van der Waals surface area (Å²) in [7, 11) is 4.09. The lowest BCUT2D eigenvalue weighted by Gasteiger charge is -2.28. The molecule has 0 aromatic heterocycles. The van der Waals surface area contributed by atoms with E-state index in [4.69, 9.17) is 4.74 Å². The summed E-state index contributed by atoms with van der Waals surface area (Å²) in [5.74, 6) is 0.743. The molecule has 1 N–H and O–H groups in total. The van der Waals surface area contributed by atoms with Crippen LogP contribution in [0.5, 0.6) is 5.75 Å². The molecule has 1 amide bonds. The van der Waals surface area contributed by atoms with E-state index < -0.39 is 0 Å². The minimum Gasteiger partial charge on any atom is -0.494 e. The highest BCUT2D eigenvalue weighted by molar-refractivity contribution is 5.94. The predicted octanol–water partition coefficient (Wildman–Crippen LogP) is 3.72. The lowest BCUT2D eigenvalue weighted by molar-refractivity contribution is 0.0938. The van der Waals surface area contributed by atoms with Crippen molar-refractivity contribution in [3.05, 3.63) is 59.7 Å². The Balaban J connectivity index is 1.68. The molecule has 0 aliphatic carbocycles. The van der Waals surface area contributed by atoms with E-state index in [2.05, 4.69) is 39.4 Å². The van der Waals surface area contributed by atoms with Gasteiger partial charge in [-0.05, 0) is 74.8 Å². The molecule has 1 aliphatic rings. The second kappa shape index (κ2) is 9.60. The number of hydrogen-bond acceptors (Lipinski definition) is 4. The quantitative estimate of drug-likeness (QED) is 0.757. The number of likely N-dealkylation sites (tertiary alicyclic amines) is 1. The van der Waals surface area contributed by atoms with Crippen molar-refractivity contribution >= 4 is 11.6 Å². The summed E-state index contributed by atoms with van der Waals surface area (Å²) >= 11 is 0. The van der Waals surface area contributed by atoms with Gasteiger partial charge < -0.3 is 15.0 Å². The van der Waals surface area contributed by atoms with Gasteiger partial charge in [0.2, 0.25) is 0 Å². The molecule has 5 nitrogen and oxygen atoms in total. The van der Waals surface area contributed by atoms with Crippen molar-refractivity contribution in [2.75, 3.05) is 45.2 Å². The van der Waals surface area contributed by atoms with E-state index in [1.807, 2.05) is 45.3 Å². The first-order valence-corrected chi connectivity index (χ1v) is 10.1. The maximum Gasteiger partial charge on any atom is 0.251 e. The molecule has 28 heavy (non-hydrogen) atoms. The van der Waals surface area contributed by atoms with Gasteiger partial charge in [-0.3, -0.25) is 9.69 Å². The highest BCUT2D eigenvalue weighted by Gasteiger charge is 2.24. The highest BCUT2D eigenvalue weighted by Crippen LogP contribution is 2.26. The zero-order valence-corrected chi connectivity index (χ0v) is 17.1. The standard InChI is InChI=1S/C23H31N3O2/c1-4-28-21-13-9-19(10-14-21)23(27)24-17-22(26-15-5-6-16-26)18-7-11-20(12-8-18)25(2)3/h7-14,22H,4-6,15-17H2,1-3H3,(H,24,27)/t22-/m1/s1. The molecule has 0 radical (unpaired) electrons. The van der Waals surface area contributed by atoms with E-state index in [1.165, 1.54) is 24.1 Å². The van der Waals surface area contributed by atoms with E-state index in [1.54, 1.807) is 0 Å². The maximum absolute atomic E-state index is 12.6. The lowest BCUT2D eigenvalue weighted by atomic mass is 10.0. The first-order chi connectivity index (χ1) is 13.6. The maximum atomic E-state index is 12.6. The van der Waals surface area contributed by atoms with Crippen LogP contribution < -0.4 is 15.0 Å². The molecule has 1 atom stereocenters. The zero-order valence-electron chi connectivity index (χ0n) is 17.1. The molecule has 2 aromatic rings. The number of anilines is 1. The Hall–Kier alpha value is -2.53. The van der Waals surface area contributed by atoms with Crippen LogP contribution in [0.2, 0.25) is 0 Å². The van der Waals surface area contributed by atoms with E-state index in [0.717, 1.165) is 18.8 Å². The largest absolute Gasteiger partial charge is 0.494 e.